The van der Waals surface area contributed by atoms with E-state index in [0.29, 0.717) is 5.56 Å². The van der Waals surface area contributed by atoms with E-state index in [4.69, 9.17) is 0 Å². The van der Waals surface area contributed by atoms with Gasteiger partial charge in [0.2, 0.25) is 0 Å². The predicted octanol–water partition coefficient (Wildman–Crippen LogP) is 3.25. The standard InChI is InChI=1S/C13H13F3N2O/c14-13(15,16)7-6-12(19)10-8-17-18(9-10)11-4-2-1-3-5-11/h1-5,8-9,12,19H,6-7H2. The summed E-state index contributed by atoms with van der Waals surface area (Å²) in [7, 11) is 0. The first-order chi connectivity index (χ1) is 8.96. The number of hydrogen-bond donors (Lipinski definition) is 1. The molecule has 0 spiro atoms. The van der Waals surface area contributed by atoms with Gasteiger partial charge in [0.1, 0.15) is 0 Å². The predicted molar refractivity (Wildman–Crippen MR) is 63.8 cm³/mol. The van der Waals surface area contributed by atoms with Crippen molar-refractivity contribution in [2.24, 2.45) is 0 Å². The number of aromatic nitrogens is 2. The van der Waals surface area contributed by atoms with Gasteiger partial charge in [0.25, 0.3) is 0 Å². The van der Waals surface area contributed by atoms with Crippen molar-refractivity contribution in [3.05, 3.63) is 48.3 Å². The summed E-state index contributed by atoms with van der Waals surface area (Å²) >= 11 is 0. The van der Waals surface area contributed by atoms with E-state index < -0.39 is 18.7 Å². The Morgan fingerprint density at radius 1 is 1.21 bits per heavy atom. The number of alkyl halides is 3. The highest BCUT2D eigenvalue weighted by atomic mass is 19.4. The average Bonchev–Trinajstić information content (AvgIpc) is 2.86. The minimum absolute atomic E-state index is 0.357. The molecule has 2 rings (SSSR count). The molecular formula is C13H13F3N2O. The van der Waals surface area contributed by atoms with Crippen LogP contribution in [0.1, 0.15) is 24.5 Å². The maximum Gasteiger partial charge on any atom is 0.389 e. The van der Waals surface area contributed by atoms with Crippen LogP contribution in [0.15, 0.2) is 42.7 Å². The molecule has 0 saturated carbocycles. The fraction of sp³-hybridized carbons (Fsp3) is 0.308. The van der Waals surface area contributed by atoms with Crippen LogP contribution in [0.4, 0.5) is 13.2 Å². The van der Waals surface area contributed by atoms with Gasteiger partial charge >= 0.3 is 6.18 Å². The lowest BCUT2D eigenvalue weighted by molar-refractivity contribution is -0.140. The first-order valence-corrected chi connectivity index (χ1v) is 5.80. The van der Waals surface area contributed by atoms with E-state index in [-0.39, 0.29) is 6.42 Å². The van der Waals surface area contributed by atoms with Crippen molar-refractivity contribution in [2.75, 3.05) is 0 Å². The topological polar surface area (TPSA) is 38.1 Å². The minimum Gasteiger partial charge on any atom is -0.388 e. The number of aliphatic hydroxyl groups excluding tert-OH is 1. The maximum atomic E-state index is 12.1. The smallest absolute Gasteiger partial charge is 0.388 e. The van der Waals surface area contributed by atoms with E-state index in [0.717, 1.165) is 5.69 Å². The minimum atomic E-state index is -4.25. The highest BCUT2D eigenvalue weighted by Crippen LogP contribution is 2.27. The Kier molecular flexibility index (Phi) is 3.90. The highest BCUT2D eigenvalue weighted by Gasteiger charge is 2.28. The zero-order chi connectivity index (χ0) is 13.9. The SMILES string of the molecule is OC(CCC(F)(F)F)c1cnn(-c2ccccc2)c1. The van der Waals surface area contributed by atoms with Gasteiger partial charge < -0.3 is 5.11 Å². The molecule has 0 aliphatic carbocycles. The van der Waals surface area contributed by atoms with Crippen molar-refractivity contribution in [1.29, 1.82) is 0 Å². The molecule has 1 aromatic heterocycles. The molecule has 0 amide bonds. The van der Waals surface area contributed by atoms with E-state index >= 15 is 0 Å². The molecular weight excluding hydrogens is 257 g/mol. The van der Waals surface area contributed by atoms with Gasteiger partial charge in [-0.2, -0.15) is 18.3 Å². The lowest BCUT2D eigenvalue weighted by Crippen LogP contribution is -2.09. The molecule has 102 valence electrons. The third kappa shape index (κ3) is 3.82. The van der Waals surface area contributed by atoms with E-state index in [1.54, 1.807) is 0 Å². The summed E-state index contributed by atoms with van der Waals surface area (Å²) in [6, 6.07) is 9.15. The van der Waals surface area contributed by atoms with E-state index in [9.17, 15) is 18.3 Å². The molecule has 0 bridgehead atoms. The lowest BCUT2D eigenvalue weighted by Gasteiger charge is -2.10. The Labute approximate surface area is 108 Å². The van der Waals surface area contributed by atoms with Crippen LogP contribution in [0.3, 0.4) is 0 Å². The van der Waals surface area contributed by atoms with Crippen LogP contribution in [-0.4, -0.2) is 21.1 Å². The second kappa shape index (κ2) is 5.44. The summed E-state index contributed by atoms with van der Waals surface area (Å²) in [5.41, 5.74) is 1.17. The number of nitrogens with zero attached hydrogens (tertiary/aromatic N) is 2. The summed E-state index contributed by atoms with van der Waals surface area (Å²) < 4.78 is 37.7. The first-order valence-electron chi connectivity index (χ1n) is 5.80. The van der Waals surface area contributed by atoms with Crippen molar-refractivity contribution < 1.29 is 18.3 Å². The van der Waals surface area contributed by atoms with Crippen molar-refractivity contribution in [3.63, 3.8) is 0 Å². The molecule has 0 radical (unpaired) electrons. The van der Waals surface area contributed by atoms with E-state index in [2.05, 4.69) is 5.10 Å². The number of benzene rings is 1. The van der Waals surface area contributed by atoms with E-state index in [1.165, 1.54) is 17.1 Å². The van der Waals surface area contributed by atoms with E-state index in [1.807, 2.05) is 30.3 Å². The molecule has 6 heteroatoms. The van der Waals surface area contributed by atoms with Crippen LogP contribution in [0.2, 0.25) is 0 Å². The Morgan fingerprint density at radius 2 is 1.89 bits per heavy atom. The van der Waals surface area contributed by atoms with Gasteiger partial charge in [0.05, 0.1) is 18.0 Å². The van der Waals surface area contributed by atoms with Crippen LogP contribution < -0.4 is 0 Å². The van der Waals surface area contributed by atoms with Crippen molar-refractivity contribution in [1.82, 2.24) is 9.78 Å². The third-order valence-electron chi connectivity index (χ3n) is 2.71. The van der Waals surface area contributed by atoms with Crippen LogP contribution in [0.5, 0.6) is 0 Å². The maximum absolute atomic E-state index is 12.1. The zero-order valence-electron chi connectivity index (χ0n) is 10.0. The monoisotopic (exact) mass is 270 g/mol. The second-order valence-electron chi connectivity index (χ2n) is 4.22. The first kappa shape index (κ1) is 13.6. The fourth-order valence-corrected chi connectivity index (χ4v) is 1.70. The Balaban J connectivity index is 2.05. The van der Waals surface area contributed by atoms with Crippen LogP contribution in [0, 0.1) is 0 Å². The Bertz CT molecular complexity index is 522. The van der Waals surface area contributed by atoms with Gasteiger partial charge in [0.15, 0.2) is 0 Å². The zero-order valence-corrected chi connectivity index (χ0v) is 10.0. The van der Waals surface area contributed by atoms with Crippen LogP contribution in [-0.2, 0) is 0 Å². The highest BCUT2D eigenvalue weighted by molar-refractivity contribution is 5.31. The summed E-state index contributed by atoms with van der Waals surface area (Å²) in [5.74, 6) is 0. The largest absolute Gasteiger partial charge is 0.389 e. The average molecular weight is 270 g/mol. The second-order valence-corrected chi connectivity index (χ2v) is 4.22. The number of aliphatic hydroxyl groups is 1. The molecule has 0 saturated heterocycles. The molecule has 0 aliphatic rings. The van der Waals surface area contributed by atoms with Gasteiger partial charge in [-0.25, -0.2) is 4.68 Å². The summed E-state index contributed by atoms with van der Waals surface area (Å²) in [6.45, 7) is 0. The molecule has 1 heterocycles. The third-order valence-corrected chi connectivity index (χ3v) is 2.71. The molecule has 1 aromatic carbocycles. The van der Waals surface area contributed by atoms with Crippen molar-refractivity contribution in [3.8, 4) is 5.69 Å². The molecule has 0 aliphatic heterocycles. The van der Waals surface area contributed by atoms with Crippen molar-refractivity contribution in [2.45, 2.75) is 25.1 Å². The van der Waals surface area contributed by atoms with Crippen LogP contribution in [0.25, 0.3) is 5.69 Å². The molecule has 19 heavy (non-hydrogen) atoms. The van der Waals surface area contributed by atoms with Crippen LogP contribution >= 0.6 is 0 Å². The van der Waals surface area contributed by atoms with Gasteiger partial charge in [-0.15, -0.1) is 0 Å². The molecule has 1 unspecified atom stereocenters. The number of hydrogen-bond acceptors (Lipinski definition) is 2. The number of para-hydroxylation sites is 1. The summed E-state index contributed by atoms with van der Waals surface area (Å²) in [6.07, 6.45) is -3.85. The molecule has 0 fully saturated rings. The van der Waals surface area contributed by atoms with Gasteiger partial charge in [-0.3, -0.25) is 0 Å². The fourth-order valence-electron chi connectivity index (χ4n) is 1.70. The van der Waals surface area contributed by atoms with Gasteiger partial charge in [0, 0.05) is 18.2 Å². The number of rotatable bonds is 4. The molecule has 1 N–H and O–H groups in total. The molecule has 1 atom stereocenters. The number of halogens is 3. The summed E-state index contributed by atoms with van der Waals surface area (Å²) in [4.78, 5) is 0. The Morgan fingerprint density at radius 3 is 2.53 bits per heavy atom. The normalized spacial score (nSPS) is 13.5. The van der Waals surface area contributed by atoms with Gasteiger partial charge in [-0.1, -0.05) is 18.2 Å². The molecule has 3 nitrogen and oxygen atoms in total. The quantitative estimate of drug-likeness (QED) is 0.926. The summed E-state index contributed by atoms with van der Waals surface area (Å²) in [5, 5.41) is 13.7. The Hall–Kier alpha value is -1.82. The lowest BCUT2D eigenvalue weighted by atomic mass is 10.1. The van der Waals surface area contributed by atoms with Crippen molar-refractivity contribution >= 4 is 0 Å². The van der Waals surface area contributed by atoms with Gasteiger partial charge in [-0.05, 0) is 18.6 Å². The molecule has 2 aromatic rings.